The molecule has 3 aliphatic rings. The zero-order chi connectivity index (χ0) is 20.9. The maximum Gasteiger partial charge on any atom is 0.245 e. The van der Waals surface area contributed by atoms with Crippen LogP contribution in [0.4, 0.5) is 14.6 Å². The van der Waals surface area contributed by atoms with E-state index in [1.165, 1.54) is 12.1 Å². The smallest absolute Gasteiger partial charge is 0.245 e. The molecule has 0 radical (unpaired) electrons. The molecule has 1 aromatic heterocycles. The Morgan fingerprint density at radius 1 is 1.13 bits per heavy atom. The van der Waals surface area contributed by atoms with Crippen LogP contribution < -0.4 is 4.90 Å². The fraction of sp³-hybridized carbons (Fsp3) is 0.429. The molecule has 9 heteroatoms. The molecule has 0 unspecified atom stereocenters. The molecule has 154 valence electrons. The highest BCUT2D eigenvalue weighted by atomic mass is 19.1. The first kappa shape index (κ1) is 18.9. The fourth-order valence-corrected chi connectivity index (χ4v) is 4.97. The van der Waals surface area contributed by atoms with Gasteiger partial charge in [0, 0.05) is 38.4 Å². The van der Waals surface area contributed by atoms with E-state index in [2.05, 4.69) is 14.9 Å². The maximum absolute atomic E-state index is 13.7. The first-order valence-corrected chi connectivity index (χ1v) is 10.0. The maximum atomic E-state index is 13.7. The molecule has 7 nitrogen and oxygen atoms in total. The zero-order valence-corrected chi connectivity index (χ0v) is 16.3. The number of nitriles is 1. The van der Waals surface area contributed by atoms with Crippen LogP contribution in [0.1, 0.15) is 36.7 Å². The largest absolute Gasteiger partial charge is 0.356 e. The van der Waals surface area contributed by atoms with Crippen molar-refractivity contribution in [1.82, 2.24) is 20.0 Å². The normalized spacial score (nSPS) is 23.1. The van der Waals surface area contributed by atoms with Gasteiger partial charge in [-0.1, -0.05) is 0 Å². The van der Waals surface area contributed by atoms with E-state index in [0.29, 0.717) is 56.8 Å². The summed E-state index contributed by atoms with van der Waals surface area (Å²) < 4.78 is 27.5. The average molecular weight is 410 g/mol. The Morgan fingerprint density at radius 2 is 1.87 bits per heavy atom. The minimum absolute atomic E-state index is 0.0368. The zero-order valence-electron chi connectivity index (χ0n) is 16.3. The Balaban J connectivity index is 1.34. The predicted molar refractivity (Wildman–Crippen MR) is 103 cm³/mol. The molecule has 4 heterocycles. The summed E-state index contributed by atoms with van der Waals surface area (Å²) >= 11 is 0. The molecule has 0 aliphatic carbocycles. The van der Waals surface area contributed by atoms with E-state index < -0.39 is 17.0 Å². The second-order valence-electron chi connectivity index (χ2n) is 8.16. The molecule has 5 rings (SSSR count). The Kier molecular flexibility index (Phi) is 4.40. The molecule has 2 aromatic rings. The summed E-state index contributed by atoms with van der Waals surface area (Å²) in [5, 5.41) is 12.8. The van der Waals surface area contributed by atoms with Gasteiger partial charge >= 0.3 is 0 Å². The van der Waals surface area contributed by atoms with Crippen molar-refractivity contribution in [3.8, 4) is 6.07 Å². The van der Waals surface area contributed by atoms with Crippen molar-refractivity contribution < 1.29 is 13.6 Å². The Hall–Kier alpha value is -3.12. The molecular weight excluding hydrogens is 390 g/mol. The molecule has 1 amide bonds. The number of aromatic nitrogens is 2. The first-order chi connectivity index (χ1) is 14.5. The number of piperidine rings is 1. The summed E-state index contributed by atoms with van der Waals surface area (Å²) in [7, 11) is 0. The van der Waals surface area contributed by atoms with Crippen LogP contribution in [0.3, 0.4) is 0 Å². The van der Waals surface area contributed by atoms with Crippen molar-refractivity contribution in [3.63, 3.8) is 0 Å². The number of benzene rings is 1. The van der Waals surface area contributed by atoms with E-state index in [0.717, 1.165) is 6.07 Å². The van der Waals surface area contributed by atoms with E-state index in [9.17, 15) is 13.6 Å². The number of fused-ring (bicyclic) bond motifs is 1. The number of carbonyl (C=O) groups is 1. The Labute approximate surface area is 172 Å². The van der Waals surface area contributed by atoms with Gasteiger partial charge in [0.1, 0.15) is 23.5 Å². The minimum atomic E-state index is -0.625. The van der Waals surface area contributed by atoms with Gasteiger partial charge < -0.3 is 4.90 Å². The molecule has 3 saturated heterocycles. The lowest BCUT2D eigenvalue weighted by atomic mass is 9.77. The molecule has 3 fully saturated rings. The number of halogens is 2. The number of anilines is 1. The summed E-state index contributed by atoms with van der Waals surface area (Å²) in [5.41, 5.74) is 0.00872. The molecule has 3 aliphatic heterocycles. The SMILES string of the molecule is N#Cc1nccc(N2CCC3(CC2)CN2CC[C@@H](c4cc(F)cc(F)c4)N2C3=O)n1. The van der Waals surface area contributed by atoms with E-state index in [-0.39, 0.29) is 17.8 Å². The third kappa shape index (κ3) is 2.99. The number of amides is 1. The highest BCUT2D eigenvalue weighted by molar-refractivity contribution is 5.85. The van der Waals surface area contributed by atoms with E-state index in [1.807, 2.05) is 11.1 Å². The van der Waals surface area contributed by atoms with Crippen molar-refractivity contribution in [2.45, 2.75) is 25.3 Å². The monoisotopic (exact) mass is 410 g/mol. The molecule has 0 saturated carbocycles. The van der Waals surface area contributed by atoms with Crippen LogP contribution >= 0.6 is 0 Å². The topological polar surface area (TPSA) is 76.4 Å². The van der Waals surface area contributed by atoms with Crippen molar-refractivity contribution in [1.29, 1.82) is 5.26 Å². The number of hydrazine groups is 1. The third-order valence-electron chi connectivity index (χ3n) is 6.46. The lowest BCUT2D eigenvalue weighted by Gasteiger charge is -2.38. The number of hydrogen-bond donors (Lipinski definition) is 0. The van der Waals surface area contributed by atoms with E-state index in [1.54, 1.807) is 17.3 Å². The van der Waals surface area contributed by atoms with E-state index in [4.69, 9.17) is 5.26 Å². The lowest BCUT2D eigenvalue weighted by molar-refractivity contribution is -0.143. The van der Waals surface area contributed by atoms with Crippen LogP contribution in [0.5, 0.6) is 0 Å². The predicted octanol–water partition coefficient (Wildman–Crippen LogP) is 2.42. The van der Waals surface area contributed by atoms with Crippen LogP contribution in [0.25, 0.3) is 0 Å². The van der Waals surface area contributed by atoms with Crippen LogP contribution in [0, 0.1) is 28.4 Å². The van der Waals surface area contributed by atoms with Crippen molar-refractivity contribution in [2.24, 2.45) is 5.41 Å². The number of carbonyl (C=O) groups excluding carboxylic acids is 1. The quantitative estimate of drug-likeness (QED) is 0.757. The number of rotatable bonds is 2. The van der Waals surface area contributed by atoms with Crippen LogP contribution in [0.15, 0.2) is 30.5 Å². The first-order valence-electron chi connectivity index (χ1n) is 10.0. The minimum Gasteiger partial charge on any atom is -0.356 e. The molecule has 0 bridgehead atoms. The van der Waals surface area contributed by atoms with Gasteiger partial charge in [-0.2, -0.15) is 5.26 Å². The molecule has 1 aromatic carbocycles. The van der Waals surface area contributed by atoms with Crippen LogP contribution in [-0.4, -0.2) is 52.1 Å². The fourth-order valence-electron chi connectivity index (χ4n) is 4.97. The van der Waals surface area contributed by atoms with Gasteiger partial charge in [-0.05, 0) is 43.0 Å². The summed E-state index contributed by atoms with van der Waals surface area (Å²) in [4.78, 5) is 23.7. The molecule has 1 atom stereocenters. The summed E-state index contributed by atoms with van der Waals surface area (Å²) in [5.74, 6) is -0.397. The second kappa shape index (κ2) is 6.99. The third-order valence-corrected chi connectivity index (χ3v) is 6.46. The summed E-state index contributed by atoms with van der Waals surface area (Å²) in [6, 6.07) is 6.87. The van der Waals surface area contributed by atoms with Gasteiger partial charge in [0.2, 0.25) is 11.7 Å². The molecular formula is C21H20F2N6O. The Morgan fingerprint density at radius 3 is 2.57 bits per heavy atom. The summed E-state index contributed by atoms with van der Waals surface area (Å²) in [6.45, 7) is 2.61. The summed E-state index contributed by atoms with van der Waals surface area (Å²) in [6.07, 6.45) is 3.55. The number of hydrogen-bond acceptors (Lipinski definition) is 6. The van der Waals surface area contributed by atoms with E-state index >= 15 is 0 Å². The van der Waals surface area contributed by atoms with Gasteiger partial charge in [-0.15, -0.1) is 0 Å². The van der Waals surface area contributed by atoms with Crippen molar-refractivity contribution in [2.75, 3.05) is 31.1 Å². The Bertz CT molecular complexity index is 1030. The van der Waals surface area contributed by atoms with Crippen molar-refractivity contribution in [3.05, 3.63) is 53.5 Å². The average Bonchev–Trinajstić information content (AvgIpc) is 3.26. The highest BCUT2D eigenvalue weighted by Gasteiger charge is 2.56. The van der Waals surface area contributed by atoms with Gasteiger partial charge in [0.15, 0.2) is 0 Å². The van der Waals surface area contributed by atoms with Gasteiger partial charge in [-0.3, -0.25) is 9.80 Å². The van der Waals surface area contributed by atoms with Gasteiger partial charge in [-0.25, -0.2) is 23.8 Å². The molecule has 30 heavy (non-hydrogen) atoms. The van der Waals surface area contributed by atoms with Crippen molar-refractivity contribution >= 4 is 11.7 Å². The molecule has 0 N–H and O–H groups in total. The van der Waals surface area contributed by atoms with Gasteiger partial charge in [0.25, 0.3) is 0 Å². The van der Waals surface area contributed by atoms with Gasteiger partial charge in [0.05, 0.1) is 11.5 Å². The van der Waals surface area contributed by atoms with Crippen LogP contribution in [-0.2, 0) is 4.79 Å². The standard InChI is InChI=1S/C21H20F2N6O/c22-15-9-14(10-16(23)11-15)17-2-6-28-13-21(20(30)29(17)28)3-7-27(8-4-21)19-1-5-25-18(12-24)26-19/h1,5,9-11,17H,2-4,6-8,13H2/t17-/m0/s1. The number of nitrogens with zero attached hydrogens (tertiary/aromatic N) is 6. The lowest BCUT2D eigenvalue weighted by Crippen LogP contribution is -2.46. The van der Waals surface area contributed by atoms with Crippen LogP contribution in [0.2, 0.25) is 0 Å². The molecule has 1 spiro atoms. The highest BCUT2D eigenvalue weighted by Crippen LogP contribution is 2.47. The second-order valence-corrected chi connectivity index (χ2v) is 8.16.